The van der Waals surface area contributed by atoms with Gasteiger partial charge in [-0.15, -0.1) is 0 Å². The van der Waals surface area contributed by atoms with Gasteiger partial charge in [0.15, 0.2) is 0 Å². The molecule has 9 heteroatoms. The zero-order chi connectivity index (χ0) is 15.8. The minimum Gasteiger partial charge on any atom is -0.326 e. The summed E-state index contributed by atoms with van der Waals surface area (Å²) in [6.45, 7) is 2.40. The van der Waals surface area contributed by atoms with Crippen molar-refractivity contribution in [2.45, 2.75) is 24.3 Å². The maximum atomic E-state index is 13.6. The number of nitrogens with zero attached hydrogens (tertiary/aromatic N) is 2. The van der Waals surface area contributed by atoms with Gasteiger partial charge in [0.1, 0.15) is 0 Å². The number of hydrogen-bond acceptors (Lipinski definition) is 5. The molecule has 0 radical (unpaired) electrons. The van der Waals surface area contributed by atoms with E-state index in [1.54, 1.807) is 0 Å². The number of nitro benzene ring substituents is 1. The molecule has 2 N–H and O–H groups in total. The molecule has 21 heavy (non-hydrogen) atoms. The zero-order valence-corrected chi connectivity index (χ0v) is 12.2. The first-order chi connectivity index (χ1) is 9.73. The van der Waals surface area contributed by atoms with Gasteiger partial charge in [-0.3, -0.25) is 10.1 Å². The number of benzene rings is 1. The largest absolute Gasteiger partial charge is 0.326 e. The van der Waals surface area contributed by atoms with Crippen molar-refractivity contribution in [2.75, 3.05) is 13.1 Å². The Hall–Kier alpha value is -1.58. The third-order valence-electron chi connectivity index (χ3n) is 3.73. The number of hydrogen-bond donors (Lipinski definition) is 1. The van der Waals surface area contributed by atoms with Crippen molar-refractivity contribution in [3.63, 3.8) is 0 Å². The Morgan fingerprint density at radius 2 is 2.14 bits per heavy atom. The van der Waals surface area contributed by atoms with E-state index < -0.39 is 26.5 Å². The van der Waals surface area contributed by atoms with E-state index in [-0.39, 0.29) is 23.4 Å². The summed E-state index contributed by atoms with van der Waals surface area (Å²) in [5.74, 6) is -0.958. The quantitative estimate of drug-likeness (QED) is 0.663. The number of halogens is 1. The molecule has 2 atom stereocenters. The van der Waals surface area contributed by atoms with Gasteiger partial charge in [0.25, 0.3) is 0 Å². The van der Waals surface area contributed by atoms with E-state index in [0.717, 1.165) is 12.1 Å². The second kappa shape index (κ2) is 5.66. The lowest BCUT2D eigenvalue weighted by Crippen LogP contribution is -2.49. The molecule has 1 heterocycles. The van der Waals surface area contributed by atoms with Gasteiger partial charge in [-0.05, 0) is 18.4 Å². The summed E-state index contributed by atoms with van der Waals surface area (Å²) in [6, 6.07) is 2.29. The summed E-state index contributed by atoms with van der Waals surface area (Å²) in [4.78, 5) is 9.36. The van der Waals surface area contributed by atoms with Crippen molar-refractivity contribution >= 4 is 15.7 Å². The fourth-order valence-corrected chi connectivity index (χ4v) is 3.74. The van der Waals surface area contributed by atoms with E-state index in [1.165, 1.54) is 4.31 Å². The molecule has 0 saturated carbocycles. The van der Waals surface area contributed by atoms with Gasteiger partial charge in [0.05, 0.1) is 9.82 Å². The second-order valence-corrected chi connectivity index (χ2v) is 7.10. The first kappa shape index (κ1) is 15.8. The molecular weight excluding hydrogens is 301 g/mol. The van der Waals surface area contributed by atoms with Crippen LogP contribution in [0.25, 0.3) is 0 Å². The fraction of sp³-hybridized carbons (Fsp3) is 0.500. The van der Waals surface area contributed by atoms with Crippen LogP contribution < -0.4 is 5.73 Å². The van der Waals surface area contributed by atoms with Crippen LogP contribution in [0.3, 0.4) is 0 Å². The Balaban J connectivity index is 2.32. The van der Waals surface area contributed by atoms with E-state index in [4.69, 9.17) is 5.73 Å². The predicted molar refractivity (Wildman–Crippen MR) is 73.6 cm³/mol. The van der Waals surface area contributed by atoms with Crippen LogP contribution in [0.5, 0.6) is 0 Å². The monoisotopic (exact) mass is 317 g/mol. The molecule has 1 aliphatic heterocycles. The van der Waals surface area contributed by atoms with E-state index in [0.29, 0.717) is 19.0 Å². The molecule has 1 fully saturated rings. The van der Waals surface area contributed by atoms with Crippen LogP contribution in [0, 0.1) is 21.8 Å². The highest BCUT2D eigenvalue weighted by Gasteiger charge is 2.33. The minimum atomic E-state index is -3.89. The molecule has 0 aromatic heterocycles. The lowest BCUT2D eigenvalue weighted by atomic mass is 9.96. The average Bonchev–Trinajstić information content (AvgIpc) is 2.41. The topological polar surface area (TPSA) is 107 Å². The summed E-state index contributed by atoms with van der Waals surface area (Å²) in [7, 11) is -3.89. The SMILES string of the molecule is CC1CCN(S(=O)(=O)c2ccc([N+](=O)[O-])c(F)c2)CC1N. The molecular formula is C12H16FN3O4S. The number of sulfonamides is 1. The predicted octanol–water partition coefficient (Wildman–Crippen LogP) is 1.09. The van der Waals surface area contributed by atoms with Gasteiger partial charge in [-0.25, -0.2) is 8.42 Å². The first-order valence-corrected chi connectivity index (χ1v) is 7.87. The highest BCUT2D eigenvalue weighted by molar-refractivity contribution is 7.89. The molecule has 2 rings (SSSR count). The number of piperidine rings is 1. The number of nitro groups is 1. The summed E-state index contributed by atoms with van der Waals surface area (Å²) in [5.41, 5.74) is 5.12. The lowest BCUT2D eigenvalue weighted by molar-refractivity contribution is -0.387. The van der Waals surface area contributed by atoms with Crippen molar-refractivity contribution in [1.82, 2.24) is 4.31 Å². The van der Waals surface area contributed by atoms with Crippen molar-refractivity contribution in [3.05, 3.63) is 34.1 Å². The number of nitrogens with two attached hydrogens (primary N) is 1. The summed E-state index contributed by atoms with van der Waals surface area (Å²) in [6.07, 6.45) is 0.621. The molecule has 1 aromatic rings. The maximum Gasteiger partial charge on any atom is 0.304 e. The molecule has 0 bridgehead atoms. The van der Waals surface area contributed by atoms with Crippen LogP contribution in [-0.4, -0.2) is 36.8 Å². The standard InChI is InChI=1S/C12H16FN3O4S/c1-8-4-5-15(7-11(8)14)21(19,20)9-2-3-12(16(17)18)10(13)6-9/h2-3,6,8,11H,4-5,7,14H2,1H3. The maximum absolute atomic E-state index is 13.6. The van der Waals surface area contributed by atoms with Crippen LogP contribution >= 0.6 is 0 Å². The second-order valence-electron chi connectivity index (χ2n) is 5.16. The smallest absolute Gasteiger partial charge is 0.304 e. The van der Waals surface area contributed by atoms with Gasteiger partial charge in [0.2, 0.25) is 15.8 Å². The molecule has 1 saturated heterocycles. The average molecular weight is 317 g/mol. The van der Waals surface area contributed by atoms with Crippen LogP contribution in [-0.2, 0) is 10.0 Å². The lowest BCUT2D eigenvalue weighted by Gasteiger charge is -2.34. The third-order valence-corrected chi connectivity index (χ3v) is 5.59. The Labute approximate surface area is 121 Å². The van der Waals surface area contributed by atoms with E-state index in [2.05, 4.69) is 0 Å². The minimum absolute atomic E-state index is 0.155. The Morgan fingerprint density at radius 1 is 1.48 bits per heavy atom. The molecule has 1 aliphatic rings. The molecule has 0 spiro atoms. The first-order valence-electron chi connectivity index (χ1n) is 6.43. The fourth-order valence-electron chi connectivity index (χ4n) is 2.23. The Bertz CT molecular complexity index is 664. The number of rotatable bonds is 3. The highest BCUT2D eigenvalue weighted by Crippen LogP contribution is 2.26. The van der Waals surface area contributed by atoms with E-state index in [1.807, 2.05) is 6.92 Å². The van der Waals surface area contributed by atoms with Crippen LogP contribution in [0.2, 0.25) is 0 Å². The molecule has 0 aliphatic carbocycles. The Kier molecular flexibility index (Phi) is 4.26. The van der Waals surface area contributed by atoms with Crippen LogP contribution in [0.15, 0.2) is 23.1 Å². The van der Waals surface area contributed by atoms with Crippen LogP contribution in [0.4, 0.5) is 10.1 Å². The molecule has 116 valence electrons. The van der Waals surface area contributed by atoms with Crippen molar-refractivity contribution in [2.24, 2.45) is 11.7 Å². The van der Waals surface area contributed by atoms with Gasteiger partial charge in [0, 0.05) is 31.3 Å². The molecule has 1 aromatic carbocycles. The summed E-state index contributed by atoms with van der Waals surface area (Å²) < 4.78 is 39.6. The van der Waals surface area contributed by atoms with Gasteiger partial charge >= 0.3 is 5.69 Å². The Morgan fingerprint density at radius 3 is 2.67 bits per heavy atom. The van der Waals surface area contributed by atoms with Gasteiger partial charge in [-0.1, -0.05) is 6.92 Å². The molecule has 7 nitrogen and oxygen atoms in total. The van der Waals surface area contributed by atoms with Crippen molar-refractivity contribution in [1.29, 1.82) is 0 Å². The highest BCUT2D eigenvalue weighted by atomic mass is 32.2. The summed E-state index contributed by atoms with van der Waals surface area (Å²) in [5, 5.41) is 10.6. The zero-order valence-electron chi connectivity index (χ0n) is 11.4. The third kappa shape index (κ3) is 3.04. The normalized spacial score (nSPS) is 24.0. The van der Waals surface area contributed by atoms with Crippen LogP contribution in [0.1, 0.15) is 13.3 Å². The molecule has 0 amide bonds. The van der Waals surface area contributed by atoms with Gasteiger partial charge in [-0.2, -0.15) is 8.70 Å². The molecule has 2 unspecified atom stereocenters. The van der Waals surface area contributed by atoms with Crippen molar-refractivity contribution < 1.29 is 17.7 Å². The van der Waals surface area contributed by atoms with E-state index in [9.17, 15) is 22.9 Å². The summed E-state index contributed by atoms with van der Waals surface area (Å²) >= 11 is 0. The van der Waals surface area contributed by atoms with E-state index >= 15 is 0 Å². The van der Waals surface area contributed by atoms with Gasteiger partial charge < -0.3 is 5.73 Å². The van der Waals surface area contributed by atoms with Crippen molar-refractivity contribution in [3.8, 4) is 0 Å².